The van der Waals surface area contributed by atoms with Gasteiger partial charge in [0.15, 0.2) is 0 Å². The molecule has 1 unspecified atom stereocenters. The quantitative estimate of drug-likeness (QED) is 0.311. The average Bonchev–Trinajstić information content (AvgIpc) is 3.47. The Kier molecular flexibility index (Phi) is 11.3. The normalized spacial score (nSPS) is 22.8. The SMILES string of the molecule is CCCC(NC(=O)[C@@H]1[C@H]2CCC(F)(F)[C@H]2CN1C(=O)[C@@H](NC(=O)OC(C)C)C(C)C)C(=O)C(=O)N[C@H](C)c1ccccc1. The van der Waals surface area contributed by atoms with Crippen molar-refractivity contribution in [1.82, 2.24) is 20.9 Å². The number of Topliss-reactive ketones (excluding diaryl/α,β-unsaturated/α-hetero) is 1. The van der Waals surface area contributed by atoms with Crippen LogP contribution in [0.5, 0.6) is 0 Å². The summed E-state index contributed by atoms with van der Waals surface area (Å²) >= 11 is 0. The Morgan fingerprint density at radius 2 is 1.65 bits per heavy atom. The summed E-state index contributed by atoms with van der Waals surface area (Å²) in [5.74, 6) is -8.83. The molecule has 2 fully saturated rings. The van der Waals surface area contributed by atoms with Crippen LogP contribution in [0.1, 0.15) is 78.8 Å². The predicted octanol–water partition coefficient (Wildman–Crippen LogP) is 3.75. The van der Waals surface area contributed by atoms with Crippen molar-refractivity contribution in [2.75, 3.05) is 6.54 Å². The van der Waals surface area contributed by atoms with Crippen LogP contribution < -0.4 is 16.0 Å². The van der Waals surface area contributed by atoms with E-state index in [-0.39, 0.29) is 19.4 Å². The lowest BCUT2D eigenvalue weighted by Crippen LogP contribution is -2.58. The lowest BCUT2D eigenvalue weighted by atomic mass is 9.91. The van der Waals surface area contributed by atoms with Crippen molar-refractivity contribution >= 4 is 29.6 Å². The Hall–Kier alpha value is -3.57. The minimum atomic E-state index is -3.08. The second-order valence-electron chi connectivity index (χ2n) is 12.1. The number of alkyl halides is 2. The number of ether oxygens (including phenoxy) is 1. The van der Waals surface area contributed by atoms with Gasteiger partial charge in [-0.25, -0.2) is 13.6 Å². The Bertz CT molecular complexity index is 1180. The molecule has 238 valence electrons. The molecule has 43 heavy (non-hydrogen) atoms. The number of ketones is 1. The largest absolute Gasteiger partial charge is 0.447 e. The van der Waals surface area contributed by atoms with Gasteiger partial charge in [0.2, 0.25) is 17.6 Å². The molecular formula is C31H44F2N4O6. The topological polar surface area (TPSA) is 134 Å². The number of benzene rings is 1. The molecule has 0 radical (unpaired) electrons. The number of nitrogens with one attached hydrogen (secondary N) is 3. The molecule has 1 saturated heterocycles. The smallest absolute Gasteiger partial charge is 0.408 e. The lowest BCUT2D eigenvalue weighted by molar-refractivity contribution is -0.144. The van der Waals surface area contributed by atoms with Crippen LogP contribution in [0.15, 0.2) is 30.3 Å². The van der Waals surface area contributed by atoms with Crippen LogP contribution in [0, 0.1) is 17.8 Å². The minimum Gasteiger partial charge on any atom is -0.447 e. The third-order valence-electron chi connectivity index (χ3n) is 8.19. The zero-order valence-corrected chi connectivity index (χ0v) is 25.7. The zero-order valence-electron chi connectivity index (χ0n) is 25.7. The van der Waals surface area contributed by atoms with E-state index in [2.05, 4.69) is 16.0 Å². The molecule has 1 aliphatic carbocycles. The van der Waals surface area contributed by atoms with Crippen molar-refractivity contribution in [3.63, 3.8) is 0 Å². The van der Waals surface area contributed by atoms with Gasteiger partial charge in [-0.3, -0.25) is 19.2 Å². The van der Waals surface area contributed by atoms with Gasteiger partial charge in [0.05, 0.1) is 18.2 Å². The monoisotopic (exact) mass is 606 g/mol. The molecule has 2 aliphatic rings. The molecule has 0 bridgehead atoms. The van der Waals surface area contributed by atoms with E-state index in [0.29, 0.717) is 6.42 Å². The number of halogens is 2. The van der Waals surface area contributed by atoms with E-state index in [1.807, 2.05) is 18.2 Å². The molecule has 3 N–H and O–H groups in total. The summed E-state index contributed by atoms with van der Waals surface area (Å²) in [6.45, 7) is 9.80. The van der Waals surface area contributed by atoms with E-state index in [1.54, 1.807) is 53.7 Å². The van der Waals surface area contributed by atoms with E-state index >= 15 is 0 Å². The van der Waals surface area contributed by atoms with Crippen molar-refractivity contribution in [3.8, 4) is 0 Å². The second-order valence-corrected chi connectivity index (χ2v) is 12.1. The van der Waals surface area contributed by atoms with Gasteiger partial charge in [0.1, 0.15) is 12.1 Å². The van der Waals surface area contributed by atoms with Crippen LogP contribution >= 0.6 is 0 Å². The van der Waals surface area contributed by atoms with E-state index in [1.165, 1.54) is 0 Å². The Balaban J connectivity index is 1.83. The number of carbonyl (C=O) groups excluding carboxylic acids is 5. The summed E-state index contributed by atoms with van der Waals surface area (Å²) < 4.78 is 34.9. The maximum absolute atomic E-state index is 14.9. The van der Waals surface area contributed by atoms with Gasteiger partial charge in [-0.05, 0) is 51.0 Å². The van der Waals surface area contributed by atoms with Crippen molar-refractivity contribution in [1.29, 1.82) is 0 Å². The first-order valence-electron chi connectivity index (χ1n) is 15.0. The first kappa shape index (κ1) is 33.9. The van der Waals surface area contributed by atoms with Gasteiger partial charge in [0, 0.05) is 18.9 Å². The molecule has 10 nitrogen and oxygen atoms in total. The molecule has 6 atom stereocenters. The third kappa shape index (κ3) is 8.08. The highest BCUT2D eigenvalue weighted by molar-refractivity contribution is 6.38. The van der Waals surface area contributed by atoms with Gasteiger partial charge < -0.3 is 25.6 Å². The standard InChI is InChI=1S/C31H44F2N4O6/c1-7-11-23(26(38)28(40)34-19(6)20-12-9-8-10-13-20)35-27(39)25-21-14-15-31(32,33)22(21)16-37(25)29(41)24(17(2)3)36-30(42)43-18(4)5/h8-10,12-13,17-19,21-25H,7,11,14-16H2,1-6H3,(H,34,40)(H,35,39)(H,36,42)/t19-,21+,22+,23?,24+,25+/m1/s1. The van der Waals surface area contributed by atoms with Crippen LogP contribution in [0.25, 0.3) is 0 Å². The second kappa shape index (κ2) is 14.3. The summed E-state index contributed by atoms with van der Waals surface area (Å²) in [4.78, 5) is 67.1. The molecule has 1 aromatic rings. The maximum Gasteiger partial charge on any atom is 0.408 e. The van der Waals surface area contributed by atoms with Crippen molar-refractivity contribution in [3.05, 3.63) is 35.9 Å². The molecule has 1 aliphatic heterocycles. The molecule has 0 spiro atoms. The summed E-state index contributed by atoms with van der Waals surface area (Å²) in [6, 6.07) is 4.95. The number of rotatable bonds is 12. The average molecular weight is 607 g/mol. The number of fused-ring (bicyclic) bond motifs is 1. The van der Waals surface area contributed by atoms with Gasteiger partial charge in [-0.1, -0.05) is 57.5 Å². The van der Waals surface area contributed by atoms with Crippen molar-refractivity contribution in [2.45, 2.75) is 103 Å². The van der Waals surface area contributed by atoms with Crippen molar-refractivity contribution < 1.29 is 37.5 Å². The minimum absolute atomic E-state index is 0.0101. The summed E-state index contributed by atoms with van der Waals surface area (Å²) in [7, 11) is 0. The molecule has 1 aromatic carbocycles. The summed E-state index contributed by atoms with van der Waals surface area (Å²) in [6.07, 6.45) is -1.11. The van der Waals surface area contributed by atoms with Gasteiger partial charge in [-0.15, -0.1) is 0 Å². The Morgan fingerprint density at radius 3 is 2.23 bits per heavy atom. The number of carbonyl (C=O) groups is 5. The fourth-order valence-corrected chi connectivity index (χ4v) is 5.96. The van der Waals surface area contributed by atoms with Crippen LogP contribution in [0.2, 0.25) is 0 Å². The van der Waals surface area contributed by atoms with E-state index < -0.39 is 90.0 Å². The van der Waals surface area contributed by atoms with Gasteiger partial charge in [0.25, 0.3) is 11.8 Å². The number of amides is 4. The Morgan fingerprint density at radius 1 is 1.00 bits per heavy atom. The molecule has 1 saturated carbocycles. The van der Waals surface area contributed by atoms with Gasteiger partial charge >= 0.3 is 6.09 Å². The highest BCUT2D eigenvalue weighted by Crippen LogP contribution is 2.51. The number of hydrogen-bond acceptors (Lipinski definition) is 6. The van der Waals surface area contributed by atoms with Gasteiger partial charge in [-0.2, -0.15) is 0 Å². The first-order chi connectivity index (χ1) is 20.2. The number of likely N-dealkylation sites (tertiary alicyclic amines) is 1. The molecular weight excluding hydrogens is 562 g/mol. The van der Waals surface area contributed by atoms with Crippen molar-refractivity contribution in [2.24, 2.45) is 17.8 Å². The predicted molar refractivity (Wildman–Crippen MR) is 155 cm³/mol. The highest BCUT2D eigenvalue weighted by Gasteiger charge is 2.61. The van der Waals surface area contributed by atoms with E-state index in [4.69, 9.17) is 4.74 Å². The maximum atomic E-state index is 14.9. The van der Waals surface area contributed by atoms with Crippen LogP contribution in [0.3, 0.4) is 0 Å². The highest BCUT2D eigenvalue weighted by atomic mass is 19.3. The molecule has 1 heterocycles. The van der Waals surface area contributed by atoms with E-state index in [0.717, 1.165) is 10.5 Å². The van der Waals surface area contributed by atoms with Crippen LogP contribution in [-0.2, 0) is 23.9 Å². The van der Waals surface area contributed by atoms with Crippen LogP contribution in [-0.4, -0.2) is 71.2 Å². The fourth-order valence-electron chi connectivity index (χ4n) is 5.96. The summed E-state index contributed by atoms with van der Waals surface area (Å²) in [5.41, 5.74) is 0.790. The van der Waals surface area contributed by atoms with E-state index in [9.17, 15) is 32.8 Å². The molecule has 4 amide bonds. The summed E-state index contributed by atoms with van der Waals surface area (Å²) in [5, 5.41) is 7.79. The van der Waals surface area contributed by atoms with Crippen LogP contribution in [0.4, 0.5) is 13.6 Å². The number of nitrogens with zero attached hydrogens (tertiary/aromatic N) is 1. The fraction of sp³-hybridized carbons (Fsp3) is 0.645. The molecule has 0 aromatic heterocycles. The molecule has 12 heteroatoms. The lowest BCUT2D eigenvalue weighted by Gasteiger charge is -2.33. The third-order valence-corrected chi connectivity index (χ3v) is 8.19. The first-order valence-corrected chi connectivity index (χ1v) is 15.0. The number of alkyl carbamates (subject to hydrolysis) is 1. The molecule has 3 rings (SSSR count). The Labute approximate surface area is 251 Å². The zero-order chi connectivity index (χ0) is 32.1. The number of hydrogen-bond donors (Lipinski definition) is 3.